The van der Waals surface area contributed by atoms with Crippen molar-refractivity contribution >= 4 is 11.3 Å². The predicted molar refractivity (Wildman–Crippen MR) is 70.7 cm³/mol. The molecule has 106 valence electrons. The van der Waals surface area contributed by atoms with Crippen LogP contribution in [0.15, 0.2) is 36.7 Å². The number of hydrogen-bond donors (Lipinski definition) is 0. The van der Waals surface area contributed by atoms with E-state index in [4.69, 9.17) is 4.74 Å². The van der Waals surface area contributed by atoms with Crippen LogP contribution >= 0.6 is 0 Å². The Morgan fingerprint density at radius 2 is 2.15 bits per heavy atom. The number of alkyl halides is 2. The van der Waals surface area contributed by atoms with Crippen LogP contribution in [0, 0.1) is 0 Å². The number of ether oxygens (including phenoxy) is 1. The first-order chi connectivity index (χ1) is 9.56. The van der Waals surface area contributed by atoms with Gasteiger partial charge in [0.2, 0.25) is 0 Å². The zero-order valence-electron chi connectivity index (χ0n) is 11.0. The molecule has 0 saturated carbocycles. The van der Waals surface area contributed by atoms with Crippen molar-refractivity contribution < 1.29 is 18.3 Å². The molecular weight excluding hydrogens is 266 g/mol. The molecule has 2 aromatic rings. The quantitative estimate of drug-likeness (QED) is 0.603. The summed E-state index contributed by atoms with van der Waals surface area (Å²) < 4.78 is 31.4. The van der Waals surface area contributed by atoms with Gasteiger partial charge in [-0.2, -0.15) is 5.10 Å². The number of allylic oxidation sites excluding steroid dienone is 1. The van der Waals surface area contributed by atoms with Gasteiger partial charge in [-0.05, 0) is 24.6 Å². The topological polar surface area (TPSA) is 43.6 Å². The summed E-state index contributed by atoms with van der Waals surface area (Å²) in [5.41, 5.74) is 1.43. The van der Waals surface area contributed by atoms with Gasteiger partial charge in [0.25, 0.3) is 0 Å². The number of halogens is 2. The second-order valence-corrected chi connectivity index (χ2v) is 4.41. The molecule has 0 saturated heterocycles. The van der Waals surface area contributed by atoms with Crippen LogP contribution in [0.25, 0.3) is 5.52 Å². The Labute approximate surface area is 114 Å². The van der Waals surface area contributed by atoms with Crippen molar-refractivity contribution in [3.63, 3.8) is 0 Å². The van der Waals surface area contributed by atoms with Crippen molar-refractivity contribution in [2.45, 2.75) is 13.0 Å². The first kappa shape index (κ1) is 14.2. The molecule has 0 N–H and O–H groups in total. The highest BCUT2D eigenvalue weighted by molar-refractivity contribution is 6.12. The number of ketones is 1. The van der Waals surface area contributed by atoms with E-state index in [-0.39, 0.29) is 11.5 Å². The van der Waals surface area contributed by atoms with Gasteiger partial charge < -0.3 is 4.74 Å². The maximum atomic E-state index is 12.4. The molecule has 0 aromatic carbocycles. The Morgan fingerprint density at radius 3 is 2.75 bits per heavy atom. The monoisotopic (exact) mass is 280 g/mol. The number of pyridine rings is 1. The van der Waals surface area contributed by atoms with Crippen LogP contribution in [0.3, 0.4) is 0 Å². The summed E-state index contributed by atoms with van der Waals surface area (Å²) >= 11 is 0. The summed E-state index contributed by atoms with van der Waals surface area (Å²) in [5, 5.41) is 4.03. The fraction of sp³-hybridized carbons (Fsp3) is 0.286. The fourth-order valence-electron chi connectivity index (χ4n) is 1.74. The molecule has 0 amide bonds. The number of fused-ring (bicyclic) bond motifs is 1. The Morgan fingerprint density at radius 1 is 1.45 bits per heavy atom. The molecule has 6 heteroatoms. The largest absolute Gasteiger partial charge is 0.483 e. The van der Waals surface area contributed by atoms with Crippen molar-refractivity contribution in [3.05, 3.63) is 42.2 Å². The van der Waals surface area contributed by atoms with Gasteiger partial charge in [-0.1, -0.05) is 6.58 Å². The number of carbonyl (C=O) groups excluding carboxylic acids is 1. The smallest absolute Gasteiger partial charge is 0.191 e. The zero-order chi connectivity index (χ0) is 14.7. The number of Topliss-reactive ketones (excluding diaryl/α,β-unsaturated/α-hetero) is 1. The molecule has 0 atom stereocenters. The molecule has 0 aliphatic carbocycles. The molecule has 2 heterocycles. The van der Waals surface area contributed by atoms with Gasteiger partial charge in [-0.3, -0.25) is 4.79 Å². The van der Waals surface area contributed by atoms with E-state index < -0.39 is 19.5 Å². The second kappa shape index (κ2) is 5.81. The molecule has 0 radical (unpaired) electrons. The molecule has 2 aromatic heterocycles. The molecule has 0 aliphatic heterocycles. The second-order valence-electron chi connectivity index (χ2n) is 4.41. The van der Waals surface area contributed by atoms with Gasteiger partial charge >= 0.3 is 0 Å². The van der Waals surface area contributed by atoms with Crippen LogP contribution in [-0.2, 0) is 0 Å². The first-order valence-corrected chi connectivity index (χ1v) is 6.03. The Kier molecular flexibility index (Phi) is 4.12. The van der Waals surface area contributed by atoms with Crippen LogP contribution < -0.4 is 4.74 Å². The molecule has 0 fully saturated rings. The number of hydrogen-bond acceptors (Lipinski definition) is 3. The van der Waals surface area contributed by atoms with Crippen molar-refractivity contribution in [2.75, 3.05) is 13.3 Å². The summed E-state index contributed by atoms with van der Waals surface area (Å²) in [6.07, 6.45) is 1.78. The van der Waals surface area contributed by atoms with E-state index >= 15 is 0 Å². The zero-order valence-corrected chi connectivity index (χ0v) is 11.0. The summed E-state index contributed by atoms with van der Waals surface area (Å²) in [4.78, 5) is 11.9. The van der Waals surface area contributed by atoms with Crippen LogP contribution in [0.2, 0.25) is 0 Å². The molecule has 0 spiro atoms. The summed E-state index contributed by atoms with van der Waals surface area (Å²) in [6.45, 7) is 3.40. The van der Waals surface area contributed by atoms with E-state index in [0.717, 1.165) is 0 Å². The summed E-state index contributed by atoms with van der Waals surface area (Å²) in [6, 6.07) is 3.16. The minimum absolute atomic E-state index is 0.195. The number of carbonyl (C=O) groups is 1. The highest BCUT2D eigenvalue weighted by Gasteiger charge is 2.15. The van der Waals surface area contributed by atoms with Gasteiger partial charge in [-0.25, -0.2) is 13.3 Å². The lowest BCUT2D eigenvalue weighted by molar-refractivity contribution is 0.103. The van der Waals surface area contributed by atoms with Gasteiger partial charge in [0.15, 0.2) is 11.9 Å². The lowest BCUT2D eigenvalue weighted by atomic mass is 10.1. The van der Waals surface area contributed by atoms with Gasteiger partial charge in [0.1, 0.15) is 19.1 Å². The average Bonchev–Trinajstić information content (AvgIpc) is 2.86. The SMILES string of the molecule is C=C(C)C(=O)c1cnn2cc(OC(CF)CF)ccc12. The Hall–Kier alpha value is -2.24. The molecule has 4 nitrogen and oxygen atoms in total. The maximum absolute atomic E-state index is 12.4. The highest BCUT2D eigenvalue weighted by Crippen LogP contribution is 2.19. The lowest BCUT2D eigenvalue weighted by Gasteiger charge is -2.12. The van der Waals surface area contributed by atoms with Gasteiger partial charge in [0, 0.05) is 0 Å². The number of aromatic nitrogens is 2. The fourth-order valence-corrected chi connectivity index (χ4v) is 1.74. The highest BCUT2D eigenvalue weighted by atomic mass is 19.1. The molecular formula is C14H14F2N2O2. The van der Waals surface area contributed by atoms with Gasteiger partial charge in [0.05, 0.1) is 23.5 Å². The Balaban J connectivity index is 2.33. The van der Waals surface area contributed by atoms with Crippen molar-refractivity contribution in [1.29, 1.82) is 0 Å². The van der Waals surface area contributed by atoms with Crippen LogP contribution in [0.5, 0.6) is 5.75 Å². The molecule has 20 heavy (non-hydrogen) atoms. The van der Waals surface area contributed by atoms with Crippen LogP contribution in [-0.4, -0.2) is 34.9 Å². The third-order valence-electron chi connectivity index (χ3n) is 2.77. The standard InChI is InChI=1S/C14H14F2N2O2/c1-9(2)14(19)12-7-17-18-8-10(3-4-13(12)18)20-11(5-15)6-16/h3-4,7-8,11H,1,5-6H2,2H3. The number of rotatable bonds is 6. The van der Waals surface area contributed by atoms with E-state index in [1.807, 2.05) is 0 Å². The Bertz CT molecular complexity index is 648. The first-order valence-electron chi connectivity index (χ1n) is 6.03. The number of nitrogens with zero attached hydrogens (tertiary/aromatic N) is 2. The summed E-state index contributed by atoms with van der Waals surface area (Å²) in [5.74, 6) is 0.0919. The molecule has 0 aliphatic rings. The molecule has 0 bridgehead atoms. The molecule has 2 rings (SSSR count). The van der Waals surface area contributed by atoms with E-state index in [0.29, 0.717) is 16.7 Å². The van der Waals surface area contributed by atoms with Gasteiger partial charge in [-0.15, -0.1) is 0 Å². The lowest BCUT2D eigenvalue weighted by Crippen LogP contribution is -2.21. The minimum Gasteiger partial charge on any atom is -0.483 e. The minimum atomic E-state index is -1.13. The van der Waals surface area contributed by atoms with E-state index in [9.17, 15) is 13.6 Å². The maximum Gasteiger partial charge on any atom is 0.191 e. The third-order valence-corrected chi connectivity index (χ3v) is 2.77. The third kappa shape index (κ3) is 2.68. The van der Waals surface area contributed by atoms with E-state index in [1.54, 1.807) is 19.1 Å². The van der Waals surface area contributed by atoms with E-state index in [2.05, 4.69) is 11.7 Å². The summed E-state index contributed by atoms with van der Waals surface area (Å²) in [7, 11) is 0. The predicted octanol–water partition coefficient (Wildman–Crippen LogP) is 2.78. The van der Waals surface area contributed by atoms with Crippen LogP contribution in [0.1, 0.15) is 17.3 Å². The molecule has 0 unspecified atom stereocenters. The van der Waals surface area contributed by atoms with Crippen molar-refractivity contribution in [1.82, 2.24) is 9.61 Å². The normalized spacial score (nSPS) is 11.0. The van der Waals surface area contributed by atoms with Crippen LogP contribution in [0.4, 0.5) is 8.78 Å². The van der Waals surface area contributed by atoms with Crippen molar-refractivity contribution in [2.24, 2.45) is 0 Å². The average molecular weight is 280 g/mol. The van der Waals surface area contributed by atoms with E-state index in [1.165, 1.54) is 16.9 Å². The van der Waals surface area contributed by atoms with Crippen molar-refractivity contribution in [3.8, 4) is 5.75 Å².